The molecule has 0 bridgehead atoms. The summed E-state index contributed by atoms with van der Waals surface area (Å²) in [5, 5.41) is 10.6. The molecule has 0 aliphatic rings. The second kappa shape index (κ2) is 4.11. The van der Waals surface area contributed by atoms with E-state index in [4.69, 9.17) is 5.73 Å². The minimum atomic E-state index is -0.434. The lowest BCUT2D eigenvalue weighted by Gasteiger charge is -1.96. The third-order valence-electron chi connectivity index (χ3n) is 2.18. The molecule has 82 valence electrons. The van der Waals surface area contributed by atoms with Gasteiger partial charge in [0.1, 0.15) is 5.82 Å². The molecule has 2 rings (SSSR count). The molecule has 0 saturated carbocycles. The summed E-state index contributed by atoms with van der Waals surface area (Å²) < 4.78 is 0. The van der Waals surface area contributed by atoms with Crippen molar-refractivity contribution in [1.82, 2.24) is 9.97 Å². The number of non-ortho nitro benzene ring substituents is 1. The zero-order valence-electron chi connectivity index (χ0n) is 8.38. The van der Waals surface area contributed by atoms with Crippen molar-refractivity contribution in [1.29, 1.82) is 0 Å². The number of benzene rings is 1. The SMILES string of the molecule is NCc1cnc(-c2cccc([N+](=O)[O-])c2)[nH]1. The van der Waals surface area contributed by atoms with Crippen molar-refractivity contribution in [3.8, 4) is 11.4 Å². The first-order chi connectivity index (χ1) is 7.70. The van der Waals surface area contributed by atoms with Crippen LogP contribution in [0.4, 0.5) is 5.69 Å². The predicted octanol–water partition coefficient (Wildman–Crippen LogP) is 1.44. The average Bonchev–Trinajstić information content (AvgIpc) is 2.77. The van der Waals surface area contributed by atoms with E-state index in [1.54, 1.807) is 18.3 Å². The van der Waals surface area contributed by atoms with Crippen LogP contribution < -0.4 is 5.73 Å². The van der Waals surface area contributed by atoms with E-state index in [9.17, 15) is 10.1 Å². The van der Waals surface area contributed by atoms with Gasteiger partial charge in [0.05, 0.1) is 4.92 Å². The Labute approximate surface area is 91.3 Å². The Morgan fingerprint density at radius 2 is 2.31 bits per heavy atom. The molecular weight excluding hydrogens is 208 g/mol. The standard InChI is InChI=1S/C10H10N4O2/c11-5-8-6-12-10(13-8)7-2-1-3-9(4-7)14(15)16/h1-4,6H,5,11H2,(H,12,13). The van der Waals surface area contributed by atoms with Crippen LogP contribution in [0.1, 0.15) is 5.69 Å². The number of rotatable bonds is 3. The van der Waals surface area contributed by atoms with E-state index in [-0.39, 0.29) is 5.69 Å². The number of imidazole rings is 1. The molecule has 1 aromatic carbocycles. The van der Waals surface area contributed by atoms with E-state index in [0.29, 0.717) is 17.9 Å². The van der Waals surface area contributed by atoms with E-state index in [2.05, 4.69) is 9.97 Å². The maximum atomic E-state index is 10.6. The highest BCUT2D eigenvalue weighted by Gasteiger charge is 2.08. The first kappa shape index (κ1) is 10.3. The summed E-state index contributed by atoms with van der Waals surface area (Å²) in [5.41, 5.74) is 6.95. The number of nitro benzene ring substituents is 1. The van der Waals surface area contributed by atoms with Crippen molar-refractivity contribution in [3.63, 3.8) is 0 Å². The molecule has 0 unspecified atom stereocenters. The summed E-state index contributed by atoms with van der Waals surface area (Å²) >= 11 is 0. The molecule has 0 atom stereocenters. The van der Waals surface area contributed by atoms with Crippen LogP contribution in [0.25, 0.3) is 11.4 Å². The third-order valence-corrected chi connectivity index (χ3v) is 2.18. The molecule has 0 spiro atoms. The topological polar surface area (TPSA) is 97.8 Å². The number of aromatic nitrogens is 2. The van der Waals surface area contributed by atoms with Crippen LogP contribution >= 0.6 is 0 Å². The summed E-state index contributed by atoms with van der Waals surface area (Å²) in [6.45, 7) is 0.363. The molecule has 2 aromatic rings. The van der Waals surface area contributed by atoms with Crippen LogP contribution in [0.2, 0.25) is 0 Å². The number of hydrogen-bond acceptors (Lipinski definition) is 4. The van der Waals surface area contributed by atoms with Crippen LogP contribution in [0.15, 0.2) is 30.5 Å². The third kappa shape index (κ3) is 1.91. The molecule has 6 heteroatoms. The van der Waals surface area contributed by atoms with Crippen molar-refractivity contribution in [2.24, 2.45) is 5.73 Å². The van der Waals surface area contributed by atoms with E-state index in [0.717, 1.165) is 5.69 Å². The van der Waals surface area contributed by atoms with Gasteiger partial charge in [-0.1, -0.05) is 12.1 Å². The molecule has 6 nitrogen and oxygen atoms in total. The number of nitrogens with zero attached hydrogens (tertiary/aromatic N) is 2. The fraction of sp³-hybridized carbons (Fsp3) is 0.100. The first-order valence-corrected chi connectivity index (χ1v) is 4.69. The van der Waals surface area contributed by atoms with Crippen molar-refractivity contribution >= 4 is 5.69 Å². The second-order valence-electron chi connectivity index (χ2n) is 3.27. The van der Waals surface area contributed by atoms with E-state index >= 15 is 0 Å². The zero-order chi connectivity index (χ0) is 11.5. The Morgan fingerprint density at radius 3 is 2.94 bits per heavy atom. The summed E-state index contributed by atoms with van der Waals surface area (Å²) in [6.07, 6.45) is 1.62. The van der Waals surface area contributed by atoms with Crippen molar-refractivity contribution in [2.45, 2.75) is 6.54 Å². The highest BCUT2D eigenvalue weighted by atomic mass is 16.6. The van der Waals surface area contributed by atoms with Gasteiger partial charge in [-0.05, 0) is 0 Å². The molecule has 0 fully saturated rings. The van der Waals surface area contributed by atoms with E-state index < -0.39 is 4.92 Å². The quantitative estimate of drug-likeness (QED) is 0.601. The Morgan fingerprint density at radius 1 is 1.50 bits per heavy atom. The van der Waals surface area contributed by atoms with E-state index in [1.165, 1.54) is 12.1 Å². The smallest absolute Gasteiger partial charge is 0.270 e. The summed E-state index contributed by atoms with van der Waals surface area (Å²) in [4.78, 5) is 17.3. The number of H-pyrrole nitrogens is 1. The zero-order valence-corrected chi connectivity index (χ0v) is 8.38. The van der Waals surface area contributed by atoms with Gasteiger partial charge in [-0.15, -0.1) is 0 Å². The Bertz CT molecular complexity index is 521. The molecule has 1 aromatic heterocycles. The van der Waals surface area contributed by atoms with Crippen LogP contribution in [0, 0.1) is 10.1 Å². The van der Waals surface area contributed by atoms with Crippen molar-refractivity contribution < 1.29 is 4.92 Å². The minimum absolute atomic E-state index is 0.0446. The summed E-state index contributed by atoms with van der Waals surface area (Å²) in [5.74, 6) is 0.587. The molecular formula is C10H10N4O2. The molecule has 0 saturated heterocycles. The van der Waals surface area contributed by atoms with Gasteiger partial charge in [0, 0.05) is 36.1 Å². The molecule has 0 radical (unpaired) electrons. The molecule has 1 heterocycles. The number of nitrogens with two attached hydrogens (primary N) is 1. The van der Waals surface area contributed by atoms with Gasteiger partial charge < -0.3 is 10.7 Å². The lowest BCUT2D eigenvalue weighted by Crippen LogP contribution is -1.95. The van der Waals surface area contributed by atoms with Gasteiger partial charge in [-0.2, -0.15) is 0 Å². The molecule has 0 aliphatic heterocycles. The number of aromatic amines is 1. The van der Waals surface area contributed by atoms with Crippen LogP contribution in [0.3, 0.4) is 0 Å². The van der Waals surface area contributed by atoms with Crippen molar-refractivity contribution in [3.05, 3.63) is 46.3 Å². The van der Waals surface area contributed by atoms with Gasteiger partial charge in [0.15, 0.2) is 0 Å². The molecule has 0 aliphatic carbocycles. The van der Waals surface area contributed by atoms with E-state index in [1.807, 2.05) is 0 Å². The monoisotopic (exact) mass is 218 g/mol. The number of hydrogen-bond donors (Lipinski definition) is 2. The Kier molecular flexibility index (Phi) is 2.65. The largest absolute Gasteiger partial charge is 0.341 e. The molecule has 16 heavy (non-hydrogen) atoms. The van der Waals surface area contributed by atoms with Crippen LogP contribution in [-0.2, 0) is 6.54 Å². The Balaban J connectivity index is 2.40. The van der Waals surface area contributed by atoms with Gasteiger partial charge in [-0.25, -0.2) is 4.98 Å². The first-order valence-electron chi connectivity index (χ1n) is 4.69. The van der Waals surface area contributed by atoms with Crippen LogP contribution in [0.5, 0.6) is 0 Å². The lowest BCUT2D eigenvalue weighted by molar-refractivity contribution is -0.384. The van der Waals surface area contributed by atoms with Gasteiger partial charge in [0.2, 0.25) is 0 Å². The predicted molar refractivity (Wildman–Crippen MR) is 58.6 cm³/mol. The van der Waals surface area contributed by atoms with Crippen LogP contribution in [-0.4, -0.2) is 14.9 Å². The second-order valence-corrected chi connectivity index (χ2v) is 3.27. The fourth-order valence-corrected chi connectivity index (χ4v) is 1.38. The Hall–Kier alpha value is -2.21. The maximum absolute atomic E-state index is 10.6. The molecule has 0 amide bonds. The normalized spacial score (nSPS) is 10.3. The van der Waals surface area contributed by atoms with Gasteiger partial charge in [-0.3, -0.25) is 10.1 Å². The van der Waals surface area contributed by atoms with Gasteiger partial charge in [0.25, 0.3) is 5.69 Å². The molecule has 3 N–H and O–H groups in total. The highest BCUT2D eigenvalue weighted by molar-refractivity contribution is 5.59. The van der Waals surface area contributed by atoms with Crippen molar-refractivity contribution in [2.75, 3.05) is 0 Å². The minimum Gasteiger partial charge on any atom is -0.341 e. The maximum Gasteiger partial charge on any atom is 0.270 e. The summed E-state index contributed by atoms with van der Waals surface area (Å²) in [6, 6.07) is 6.29. The number of nitrogens with one attached hydrogen (secondary N) is 1. The van der Waals surface area contributed by atoms with Gasteiger partial charge >= 0.3 is 0 Å². The fourth-order valence-electron chi connectivity index (χ4n) is 1.38. The lowest BCUT2D eigenvalue weighted by atomic mass is 10.2. The summed E-state index contributed by atoms with van der Waals surface area (Å²) in [7, 11) is 0. The number of nitro groups is 1. The average molecular weight is 218 g/mol. The highest BCUT2D eigenvalue weighted by Crippen LogP contribution is 2.21.